The van der Waals surface area contributed by atoms with Gasteiger partial charge in [-0.25, -0.2) is 24.0 Å². The Hall–Kier alpha value is -4.90. The van der Waals surface area contributed by atoms with Crippen molar-refractivity contribution in [3.05, 3.63) is 93.5 Å². The number of halogens is 1. The van der Waals surface area contributed by atoms with Crippen LogP contribution in [0.4, 0.5) is 0 Å². The highest BCUT2D eigenvalue weighted by atomic mass is 35.5. The van der Waals surface area contributed by atoms with Crippen molar-refractivity contribution in [2.24, 2.45) is 0 Å². The lowest BCUT2D eigenvalue weighted by molar-refractivity contribution is -0.142. The van der Waals surface area contributed by atoms with E-state index in [0.717, 1.165) is 36.4 Å². The van der Waals surface area contributed by atoms with E-state index < -0.39 is 64.0 Å². The summed E-state index contributed by atoms with van der Waals surface area (Å²) in [6.07, 6.45) is -1.62. The van der Waals surface area contributed by atoms with Crippen LogP contribution in [0.5, 0.6) is 11.5 Å². The molecule has 184 valence electrons. The quantitative estimate of drug-likeness (QED) is 0.240. The maximum atomic E-state index is 13.1. The summed E-state index contributed by atoms with van der Waals surface area (Å²) in [6.45, 7) is 0. The Balaban J connectivity index is 2.04. The third kappa shape index (κ3) is 6.15. The fourth-order valence-electron chi connectivity index (χ4n) is 3.01. The molecule has 36 heavy (non-hydrogen) atoms. The van der Waals surface area contributed by atoms with E-state index in [0.29, 0.717) is 5.02 Å². The Bertz CT molecular complexity index is 1310. The standard InChI is InChI=1S/C24H15ClO11/c25-16-3-1-11(2-4-16)19(35-17-7-12(20(26)27)5-13(8-17)21(28)29)24(34)36-18-9-14(22(30)31)6-15(10-18)23(32)33/h1-10,19H,(H,26,27)(H,28,29)(H,30,31)(H,32,33). The number of esters is 1. The molecule has 0 amide bonds. The molecule has 0 saturated carbocycles. The summed E-state index contributed by atoms with van der Waals surface area (Å²) in [5.41, 5.74) is -1.60. The lowest BCUT2D eigenvalue weighted by Crippen LogP contribution is -2.24. The summed E-state index contributed by atoms with van der Waals surface area (Å²) in [4.78, 5) is 58.6. The summed E-state index contributed by atoms with van der Waals surface area (Å²) < 4.78 is 10.8. The fraction of sp³-hybridized carbons (Fsp3) is 0.0417. The number of carbonyl (C=O) groups excluding carboxylic acids is 1. The van der Waals surface area contributed by atoms with Crippen LogP contribution in [0, 0.1) is 0 Å². The summed E-state index contributed by atoms with van der Waals surface area (Å²) in [6, 6.07) is 11.3. The van der Waals surface area contributed by atoms with Crippen LogP contribution < -0.4 is 9.47 Å². The van der Waals surface area contributed by atoms with Gasteiger partial charge in [0.2, 0.25) is 6.10 Å². The van der Waals surface area contributed by atoms with Crippen molar-refractivity contribution in [2.75, 3.05) is 0 Å². The van der Waals surface area contributed by atoms with Gasteiger partial charge in [0.1, 0.15) is 11.5 Å². The lowest BCUT2D eigenvalue weighted by Gasteiger charge is -2.19. The first-order valence-corrected chi connectivity index (χ1v) is 10.2. The van der Waals surface area contributed by atoms with Crippen LogP contribution in [0.25, 0.3) is 0 Å². The molecule has 3 aromatic carbocycles. The number of rotatable bonds is 9. The molecule has 11 nitrogen and oxygen atoms in total. The molecule has 0 aromatic heterocycles. The molecule has 1 atom stereocenters. The molecular weight excluding hydrogens is 500 g/mol. The van der Waals surface area contributed by atoms with Crippen LogP contribution in [0.2, 0.25) is 5.02 Å². The van der Waals surface area contributed by atoms with Crippen molar-refractivity contribution in [3.63, 3.8) is 0 Å². The second-order valence-electron chi connectivity index (χ2n) is 7.18. The SMILES string of the molecule is O=C(O)c1cc(OC(=O)C(Oc2cc(C(=O)O)cc(C(=O)O)c2)c2ccc(Cl)cc2)cc(C(=O)O)c1. The van der Waals surface area contributed by atoms with Gasteiger partial charge in [-0.2, -0.15) is 0 Å². The molecule has 1 unspecified atom stereocenters. The van der Waals surface area contributed by atoms with Crippen LogP contribution in [-0.2, 0) is 4.79 Å². The highest BCUT2D eigenvalue weighted by Crippen LogP contribution is 2.28. The van der Waals surface area contributed by atoms with E-state index in [1.807, 2.05) is 0 Å². The zero-order chi connectivity index (χ0) is 26.6. The van der Waals surface area contributed by atoms with Gasteiger partial charge in [0.25, 0.3) is 0 Å². The van der Waals surface area contributed by atoms with Crippen molar-refractivity contribution in [3.8, 4) is 11.5 Å². The number of hydrogen-bond donors (Lipinski definition) is 4. The monoisotopic (exact) mass is 514 g/mol. The predicted molar refractivity (Wildman–Crippen MR) is 121 cm³/mol. The molecule has 0 aliphatic carbocycles. The first-order chi connectivity index (χ1) is 16.9. The highest BCUT2D eigenvalue weighted by Gasteiger charge is 2.27. The first kappa shape index (κ1) is 25.7. The van der Waals surface area contributed by atoms with Crippen LogP contribution in [0.3, 0.4) is 0 Å². The van der Waals surface area contributed by atoms with E-state index in [1.54, 1.807) is 0 Å². The van der Waals surface area contributed by atoms with Gasteiger partial charge >= 0.3 is 29.8 Å². The molecule has 0 radical (unpaired) electrons. The van der Waals surface area contributed by atoms with Gasteiger partial charge in [0, 0.05) is 10.6 Å². The Morgan fingerprint density at radius 1 is 0.611 bits per heavy atom. The van der Waals surface area contributed by atoms with Gasteiger partial charge in [0.05, 0.1) is 22.3 Å². The average Bonchev–Trinajstić information content (AvgIpc) is 2.82. The Morgan fingerprint density at radius 3 is 1.39 bits per heavy atom. The van der Waals surface area contributed by atoms with Crippen LogP contribution in [0.1, 0.15) is 53.1 Å². The van der Waals surface area contributed by atoms with E-state index in [-0.39, 0.29) is 11.3 Å². The molecule has 0 aliphatic heterocycles. The molecule has 0 heterocycles. The Kier molecular flexibility index (Phi) is 7.55. The third-order valence-corrected chi connectivity index (χ3v) is 4.91. The van der Waals surface area contributed by atoms with Crippen molar-refractivity contribution in [1.82, 2.24) is 0 Å². The van der Waals surface area contributed by atoms with Crippen molar-refractivity contribution in [2.45, 2.75) is 6.10 Å². The zero-order valence-electron chi connectivity index (χ0n) is 17.9. The molecule has 3 rings (SSSR count). The van der Waals surface area contributed by atoms with Gasteiger partial charge in [-0.05, 0) is 48.5 Å². The summed E-state index contributed by atoms with van der Waals surface area (Å²) in [7, 11) is 0. The minimum absolute atomic E-state index is 0.162. The van der Waals surface area contributed by atoms with E-state index in [1.165, 1.54) is 24.3 Å². The largest absolute Gasteiger partial charge is 0.478 e. The van der Waals surface area contributed by atoms with Gasteiger partial charge in [0.15, 0.2) is 0 Å². The van der Waals surface area contributed by atoms with Crippen molar-refractivity contribution < 1.29 is 53.9 Å². The average molecular weight is 515 g/mol. The molecule has 0 bridgehead atoms. The molecular formula is C24H15ClO11. The number of carbonyl (C=O) groups is 5. The summed E-state index contributed by atoms with van der Waals surface area (Å²) in [5, 5.41) is 37.4. The normalized spacial score (nSPS) is 11.2. The number of carboxylic acid groups (broad SMARTS) is 4. The number of hydrogen-bond acceptors (Lipinski definition) is 7. The van der Waals surface area contributed by atoms with Gasteiger partial charge < -0.3 is 29.9 Å². The van der Waals surface area contributed by atoms with Gasteiger partial charge in [-0.1, -0.05) is 23.7 Å². The van der Waals surface area contributed by atoms with Gasteiger partial charge in [-0.15, -0.1) is 0 Å². The van der Waals surface area contributed by atoms with Gasteiger partial charge in [-0.3, -0.25) is 0 Å². The molecule has 0 saturated heterocycles. The molecule has 3 aromatic rings. The number of ether oxygens (including phenoxy) is 2. The van der Waals surface area contributed by atoms with E-state index in [2.05, 4.69) is 0 Å². The van der Waals surface area contributed by atoms with E-state index in [9.17, 15) is 44.4 Å². The second-order valence-corrected chi connectivity index (χ2v) is 7.62. The predicted octanol–water partition coefficient (Wildman–Crippen LogP) is 3.86. The summed E-state index contributed by atoms with van der Waals surface area (Å²) in [5.74, 6) is -7.67. The minimum atomic E-state index is -1.62. The van der Waals surface area contributed by atoms with E-state index >= 15 is 0 Å². The fourth-order valence-corrected chi connectivity index (χ4v) is 3.14. The maximum absolute atomic E-state index is 13.1. The third-order valence-electron chi connectivity index (χ3n) is 4.66. The number of benzene rings is 3. The van der Waals surface area contributed by atoms with E-state index in [4.69, 9.17) is 21.1 Å². The topological polar surface area (TPSA) is 185 Å². The highest BCUT2D eigenvalue weighted by molar-refractivity contribution is 6.30. The molecule has 4 N–H and O–H groups in total. The molecule has 0 spiro atoms. The maximum Gasteiger partial charge on any atom is 0.357 e. The number of carboxylic acids is 4. The van der Waals surface area contributed by atoms with Crippen LogP contribution in [0.15, 0.2) is 60.7 Å². The molecule has 0 aliphatic rings. The first-order valence-electron chi connectivity index (χ1n) is 9.81. The number of aromatic carboxylic acids is 4. The molecule has 0 fully saturated rings. The smallest absolute Gasteiger partial charge is 0.357 e. The van der Waals surface area contributed by atoms with Crippen molar-refractivity contribution in [1.29, 1.82) is 0 Å². The zero-order valence-corrected chi connectivity index (χ0v) is 18.6. The molecule has 12 heteroatoms. The Labute approximate surface area is 206 Å². The van der Waals surface area contributed by atoms with Crippen LogP contribution in [-0.4, -0.2) is 50.3 Å². The van der Waals surface area contributed by atoms with Crippen molar-refractivity contribution >= 4 is 41.4 Å². The minimum Gasteiger partial charge on any atom is -0.478 e. The second kappa shape index (κ2) is 10.6. The van der Waals surface area contributed by atoms with Crippen LogP contribution >= 0.6 is 11.6 Å². The Morgan fingerprint density at radius 2 is 1.00 bits per heavy atom. The summed E-state index contributed by atoms with van der Waals surface area (Å²) >= 11 is 5.89. The lowest BCUT2D eigenvalue weighted by atomic mass is 10.1.